The predicted octanol–water partition coefficient (Wildman–Crippen LogP) is 14.4. The van der Waals surface area contributed by atoms with Gasteiger partial charge in [-0.15, -0.1) is 22.7 Å². The summed E-state index contributed by atoms with van der Waals surface area (Å²) in [4.78, 5) is 2.47. The summed E-state index contributed by atoms with van der Waals surface area (Å²) in [5.74, 6) is 0. The first kappa shape index (κ1) is 28.3. The molecule has 2 heterocycles. The maximum absolute atomic E-state index is 2.47. The van der Waals surface area contributed by atoms with E-state index in [9.17, 15) is 0 Å². The maximum atomic E-state index is 2.47. The second-order valence-electron chi connectivity index (χ2n) is 12.5. The van der Waals surface area contributed by atoms with Crippen molar-refractivity contribution in [1.29, 1.82) is 0 Å². The van der Waals surface area contributed by atoms with Crippen LogP contribution in [0.3, 0.4) is 0 Å². The van der Waals surface area contributed by atoms with Gasteiger partial charge in [-0.3, -0.25) is 0 Å². The first-order valence-electron chi connectivity index (χ1n) is 16.6. The van der Waals surface area contributed by atoms with Gasteiger partial charge in [0.2, 0.25) is 0 Å². The highest BCUT2D eigenvalue weighted by Gasteiger charge is 2.22. The van der Waals surface area contributed by atoms with Crippen LogP contribution in [0, 0.1) is 0 Å². The van der Waals surface area contributed by atoms with E-state index >= 15 is 0 Å². The second-order valence-corrected chi connectivity index (χ2v) is 14.6. The zero-order valence-corrected chi connectivity index (χ0v) is 28.1. The summed E-state index contributed by atoms with van der Waals surface area (Å²) in [7, 11) is 0. The van der Waals surface area contributed by atoms with Crippen LogP contribution in [-0.4, -0.2) is 0 Å². The lowest BCUT2D eigenvalue weighted by Gasteiger charge is -2.28. The molecule has 0 unspecified atom stereocenters. The van der Waals surface area contributed by atoms with E-state index in [2.05, 4.69) is 181 Å². The molecule has 0 fully saturated rings. The van der Waals surface area contributed by atoms with Crippen molar-refractivity contribution in [2.45, 2.75) is 0 Å². The number of benzene rings is 8. The van der Waals surface area contributed by atoms with E-state index in [-0.39, 0.29) is 0 Å². The average Bonchev–Trinajstić information content (AvgIpc) is 3.75. The van der Waals surface area contributed by atoms with Crippen LogP contribution in [0.25, 0.3) is 73.4 Å². The number of thiophene rings is 2. The van der Waals surface area contributed by atoms with Crippen LogP contribution in [0.1, 0.15) is 0 Å². The third kappa shape index (κ3) is 4.66. The van der Waals surface area contributed by atoms with Crippen LogP contribution in [0.2, 0.25) is 0 Å². The number of hydrogen-bond acceptors (Lipinski definition) is 3. The van der Waals surface area contributed by atoms with Crippen molar-refractivity contribution in [3.63, 3.8) is 0 Å². The fraction of sp³-hybridized carbons (Fsp3) is 0. The third-order valence-corrected chi connectivity index (χ3v) is 12.0. The summed E-state index contributed by atoms with van der Waals surface area (Å²) >= 11 is 3.75. The molecule has 2 aromatic heterocycles. The smallest absolute Gasteiger partial charge is 0.0641 e. The van der Waals surface area contributed by atoms with Crippen molar-refractivity contribution >= 4 is 90.9 Å². The quantitative estimate of drug-likeness (QED) is 0.178. The summed E-state index contributed by atoms with van der Waals surface area (Å²) < 4.78 is 5.25. The van der Waals surface area contributed by atoms with Gasteiger partial charge in [0.05, 0.1) is 16.1 Å². The molecule has 0 N–H and O–H groups in total. The first-order valence-corrected chi connectivity index (χ1v) is 18.2. The van der Waals surface area contributed by atoms with Crippen molar-refractivity contribution in [1.82, 2.24) is 0 Å². The van der Waals surface area contributed by atoms with E-state index in [4.69, 9.17) is 0 Å². The van der Waals surface area contributed by atoms with Gasteiger partial charge in [-0.2, -0.15) is 0 Å². The predicted molar refractivity (Wildman–Crippen MR) is 215 cm³/mol. The van der Waals surface area contributed by atoms with E-state index in [1.807, 2.05) is 22.7 Å². The molecule has 0 saturated carbocycles. The molecule has 3 heteroatoms. The van der Waals surface area contributed by atoms with E-state index in [1.165, 1.54) is 84.7 Å². The van der Waals surface area contributed by atoms with Gasteiger partial charge in [-0.1, -0.05) is 127 Å². The molecule has 0 amide bonds. The fourth-order valence-corrected chi connectivity index (χ4v) is 9.69. The van der Waals surface area contributed by atoms with Crippen molar-refractivity contribution in [2.75, 3.05) is 4.90 Å². The Morgan fingerprint density at radius 1 is 0.367 bits per heavy atom. The minimum absolute atomic E-state index is 1.13. The lowest BCUT2D eigenvalue weighted by molar-refractivity contribution is 1.32. The van der Waals surface area contributed by atoms with E-state index in [1.54, 1.807) is 0 Å². The van der Waals surface area contributed by atoms with Crippen LogP contribution >= 0.6 is 22.7 Å². The lowest BCUT2D eigenvalue weighted by Crippen LogP contribution is -2.10. The second kappa shape index (κ2) is 11.5. The molecule has 0 aliphatic rings. The molecule has 1 nitrogen and oxygen atoms in total. The summed E-state index contributed by atoms with van der Waals surface area (Å²) in [5.41, 5.74) is 8.44. The van der Waals surface area contributed by atoms with E-state index in [0.29, 0.717) is 0 Å². The van der Waals surface area contributed by atoms with Crippen molar-refractivity contribution in [3.8, 4) is 22.3 Å². The van der Waals surface area contributed by atoms with Gasteiger partial charge in [-0.05, 0) is 76.2 Å². The Bertz CT molecular complexity index is 2820. The zero-order chi connectivity index (χ0) is 32.3. The summed E-state index contributed by atoms with van der Waals surface area (Å²) in [5, 5.41) is 7.71. The van der Waals surface area contributed by atoms with Gasteiger partial charge in [0.25, 0.3) is 0 Å². The molecule has 10 aromatic rings. The summed E-state index contributed by atoms with van der Waals surface area (Å²) in [6.45, 7) is 0. The minimum Gasteiger partial charge on any atom is -0.308 e. The molecule has 0 saturated heterocycles. The molecule has 0 bridgehead atoms. The molecule has 230 valence electrons. The first-order chi connectivity index (χ1) is 24.3. The Kier molecular flexibility index (Phi) is 6.61. The maximum Gasteiger partial charge on any atom is 0.0641 e. The van der Waals surface area contributed by atoms with Crippen LogP contribution in [0.15, 0.2) is 176 Å². The Morgan fingerprint density at radius 3 is 1.86 bits per heavy atom. The fourth-order valence-electron chi connectivity index (χ4n) is 7.37. The number of anilines is 3. The molecule has 0 spiro atoms. The highest BCUT2D eigenvalue weighted by molar-refractivity contribution is 7.26. The summed E-state index contributed by atoms with van der Waals surface area (Å²) in [6.07, 6.45) is 0. The van der Waals surface area contributed by atoms with Crippen LogP contribution in [0.5, 0.6) is 0 Å². The highest BCUT2D eigenvalue weighted by Crippen LogP contribution is 2.49. The van der Waals surface area contributed by atoms with Crippen molar-refractivity contribution < 1.29 is 0 Å². The van der Waals surface area contributed by atoms with Crippen molar-refractivity contribution in [3.05, 3.63) is 176 Å². The Morgan fingerprint density at radius 2 is 1.02 bits per heavy atom. The lowest BCUT2D eigenvalue weighted by atomic mass is 9.97. The Labute approximate surface area is 292 Å². The van der Waals surface area contributed by atoms with Gasteiger partial charge >= 0.3 is 0 Å². The molecule has 0 radical (unpaired) electrons. The SMILES string of the molecule is c1ccc(-c2ccc(N(c3ccc(-c4ccc5sc6ccccc6c5c4)cc3)c3cccc4ccccc34)c3sc4ccccc4c23)cc1. The van der Waals surface area contributed by atoms with E-state index < -0.39 is 0 Å². The van der Waals surface area contributed by atoms with E-state index in [0.717, 1.165) is 5.69 Å². The molecule has 0 atom stereocenters. The number of nitrogens with zero attached hydrogens (tertiary/aromatic N) is 1. The Hall–Kier alpha value is -5.74. The van der Waals surface area contributed by atoms with Crippen LogP contribution in [-0.2, 0) is 0 Å². The van der Waals surface area contributed by atoms with Gasteiger partial charge in [0.15, 0.2) is 0 Å². The standard InChI is InChI=1S/C46H29NS2/c1-2-11-32(12-3-1)36-26-27-41(46-45(36)38-17-7-9-20-43(38)49-46)47(40-18-10-14-31-13-4-5-15-35(31)40)34-24-21-30(22-25-34)33-23-28-44-39(29-33)37-16-6-8-19-42(37)48-44/h1-29H. The third-order valence-electron chi connectivity index (χ3n) is 9.67. The largest absolute Gasteiger partial charge is 0.308 e. The molecule has 0 aliphatic heterocycles. The molecule has 0 aliphatic carbocycles. The number of fused-ring (bicyclic) bond motifs is 7. The number of rotatable bonds is 5. The summed E-state index contributed by atoms with van der Waals surface area (Å²) in [6, 6.07) is 64.4. The Balaban J connectivity index is 1.19. The molecule has 49 heavy (non-hydrogen) atoms. The zero-order valence-electron chi connectivity index (χ0n) is 26.5. The van der Waals surface area contributed by atoms with Gasteiger partial charge in [-0.25, -0.2) is 0 Å². The minimum atomic E-state index is 1.13. The normalized spacial score (nSPS) is 11.7. The number of hydrogen-bond donors (Lipinski definition) is 0. The molecular formula is C46H29NS2. The van der Waals surface area contributed by atoms with Crippen molar-refractivity contribution in [2.24, 2.45) is 0 Å². The highest BCUT2D eigenvalue weighted by atomic mass is 32.1. The van der Waals surface area contributed by atoms with Gasteiger partial charge in [0, 0.05) is 46.7 Å². The van der Waals surface area contributed by atoms with Crippen LogP contribution in [0.4, 0.5) is 17.1 Å². The molecular weight excluding hydrogens is 631 g/mol. The van der Waals surface area contributed by atoms with Gasteiger partial charge < -0.3 is 4.90 Å². The topological polar surface area (TPSA) is 3.24 Å². The monoisotopic (exact) mass is 659 g/mol. The average molecular weight is 660 g/mol. The van der Waals surface area contributed by atoms with Gasteiger partial charge in [0.1, 0.15) is 0 Å². The molecule has 8 aromatic carbocycles. The molecule has 10 rings (SSSR count). The van der Waals surface area contributed by atoms with Crippen LogP contribution < -0.4 is 4.90 Å².